The van der Waals surface area contributed by atoms with E-state index in [0.29, 0.717) is 31.1 Å². The van der Waals surface area contributed by atoms with E-state index >= 15 is 0 Å². The lowest BCUT2D eigenvalue weighted by Crippen LogP contribution is -2.38. The van der Waals surface area contributed by atoms with Crippen LogP contribution in [0.15, 0.2) is 48.5 Å². The number of benzene rings is 2. The van der Waals surface area contributed by atoms with Gasteiger partial charge in [-0.1, -0.05) is 57.1 Å². The maximum Gasteiger partial charge on any atom is 0.416 e. The minimum atomic E-state index is -4.44. The lowest BCUT2D eigenvalue weighted by molar-refractivity contribution is -0.150. The maximum absolute atomic E-state index is 13.1. The Bertz CT molecular complexity index is 1070. The minimum Gasteiger partial charge on any atom is -0.492 e. The zero-order valence-corrected chi connectivity index (χ0v) is 23.6. The molecule has 2 N–H and O–H groups in total. The first kappa shape index (κ1) is 32.2. The minimum absolute atomic E-state index is 0.221. The van der Waals surface area contributed by atoms with Crippen molar-refractivity contribution in [1.82, 2.24) is 4.90 Å². The molecule has 2 aromatic carbocycles. The number of alkyl halides is 3. The second-order valence-electron chi connectivity index (χ2n) is 10.5. The van der Waals surface area contributed by atoms with E-state index < -0.39 is 29.8 Å². The molecule has 41 heavy (non-hydrogen) atoms. The van der Waals surface area contributed by atoms with Gasteiger partial charge in [-0.05, 0) is 61.2 Å². The molecule has 1 aliphatic rings. The third-order valence-corrected chi connectivity index (χ3v) is 7.38. The zero-order valence-electron chi connectivity index (χ0n) is 23.6. The van der Waals surface area contributed by atoms with Crippen molar-refractivity contribution in [3.8, 4) is 5.75 Å². The molecule has 2 amide bonds. The topological polar surface area (TPSA) is 88.1 Å². The first-order valence-electron chi connectivity index (χ1n) is 14.4. The molecule has 1 aliphatic carbocycles. The van der Waals surface area contributed by atoms with Crippen LogP contribution in [-0.4, -0.2) is 54.4 Å². The van der Waals surface area contributed by atoms with Gasteiger partial charge in [0.25, 0.3) is 0 Å². The molecule has 226 valence electrons. The summed E-state index contributed by atoms with van der Waals surface area (Å²) in [6.45, 7) is 3.08. The Morgan fingerprint density at radius 2 is 1.68 bits per heavy atom. The smallest absolute Gasteiger partial charge is 0.416 e. The molecule has 7 nitrogen and oxygen atoms in total. The number of aliphatic carboxylic acids is 1. The quantitative estimate of drug-likeness (QED) is 0.215. The van der Waals surface area contributed by atoms with Crippen LogP contribution in [0.1, 0.15) is 69.4 Å². The Morgan fingerprint density at radius 1 is 1.00 bits per heavy atom. The van der Waals surface area contributed by atoms with Gasteiger partial charge in [0, 0.05) is 25.3 Å². The fraction of sp³-hybridized carbons (Fsp3) is 0.548. The number of amides is 2. The van der Waals surface area contributed by atoms with E-state index in [9.17, 15) is 27.9 Å². The van der Waals surface area contributed by atoms with Crippen LogP contribution in [0.25, 0.3) is 0 Å². The summed E-state index contributed by atoms with van der Waals surface area (Å²) in [6.07, 6.45) is 4.30. The summed E-state index contributed by atoms with van der Waals surface area (Å²) < 4.78 is 49.8. The van der Waals surface area contributed by atoms with Gasteiger partial charge in [-0.2, -0.15) is 13.2 Å². The molecule has 0 spiro atoms. The summed E-state index contributed by atoms with van der Waals surface area (Å²) >= 11 is 0. The Hall–Kier alpha value is -3.27. The van der Waals surface area contributed by atoms with Crippen molar-refractivity contribution >= 4 is 17.7 Å². The van der Waals surface area contributed by atoms with Crippen LogP contribution in [0.2, 0.25) is 0 Å². The van der Waals surface area contributed by atoms with E-state index in [1.807, 2.05) is 0 Å². The third-order valence-electron chi connectivity index (χ3n) is 7.38. The molecule has 0 radical (unpaired) electrons. The van der Waals surface area contributed by atoms with Gasteiger partial charge in [0.2, 0.25) is 0 Å². The Labute approximate surface area is 240 Å². The highest BCUT2D eigenvalue weighted by atomic mass is 19.4. The summed E-state index contributed by atoms with van der Waals surface area (Å²) in [6, 6.07) is 11.1. The zero-order chi connectivity index (χ0) is 29.7. The number of nitrogens with zero attached hydrogens (tertiary/aromatic N) is 1. The van der Waals surface area contributed by atoms with Crippen molar-refractivity contribution < 1.29 is 37.3 Å². The summed E-state index contributed by atoms with van der Waals surface area (Å²) in [5, 5.41) is 12.0. The van der Waals surface area contributed by atoms with Crippen molar-refractivity contribution in [2.75, 3.05) is 31.6 Å². The number of unbranched alkanes of at least 4 members (excludes halogenated alkanes) is 1. The standard InChI is InChI=1S/C31H41F3N2O5/c1-2-40-28(29(37)38)22-24-11-17-27(18-12-24)41-21-20-36(19-7-6-10-23-8-4-3-5-9-23)30(39)35-26-15-13-25(14-16-26)31(32,33)34/h11-18,23,28H,2-10,19-22H2,1H3,(H,35,39)(H,37,38). The van der Waals surface area contributed by atoms with Crippen LogP contribution < -0.4 is 10.1 Å². The Kier molecular flexibility index (Phi) is 12.8. The molecule has 0 bridgehead atoms. The number of urea groups is 1. The van der Waals surface area contributed by atoms with Crippen molar-refractivity contribution in [3.63, 3.8) is 0 Å². The number of carboxylic acids is 1. The first-order chi connectivity index (χ1) is 19.7. The van der Waals surface area contributed by atoms with Crippen LogP contribution in [-0.2, 0) is 22.1 Å². The number of rotatable bonds is 15. The largest absolute Gasteiger partial charge is 0.492 e. The summed E-state index contributed by atoms with van der Waals surface area (Å²) in [7, 11) is 0. The monoisotopic (exact) mass is 578 g/mol. The maximum atomic E-state index is 13.1. The fourth-order valence-corrected chi connectivity index (χ4v) is 5.10. The van der Waals surface area contributed by atoms with Gasteiger partial charge in [0.05, 0.1) is 12.1 Å². The van der Waals surface area contributed by atoms with Gasteiger partial charge in [-0.15, -0.1) is 0 Å². The van der Waals surface area contributed by atoms with Gasteiger partial charge in [0.1, 0.15) is 12.4 Å². The molecule has 1 unspecified atom stereocenters. The molecule has 1 saturated carbocycles. The fourth-order valence-electron chi connectivity index (χ4n) is 5.10. The molecule has 1 fully saturated rings. The number of carbonyl (C=O) groups excluding carboxylic acids is 1. The number of nitrogens with one attached hydrogen (secondary N) is 1. The highest BCUT2D eigenvalue weighted by molar-refractivity contribution is 5.89. The summed E-state index contributed by atoms with van der Waals surface area (Å²) in [4.78, 5) is 26.0. The molecule has 10 heteroatoms. The molecule has 0 aliphatic heterocycles. The van der Waals surface area contributed by atoms with E-state index in [-0.39, 0.29) is 13.0 Å². The number of hydrogen-bond acceptors (Lipinski definition) is 4. The number of hydrogen-bond donors (Lipinski definition) is 2. The van der Waals surface area contributed by atoms with E-state index in [1.165, 1.54) is 44.2 Å². The van der Waals surface area contributed by atoms with Crippen LogP contribution in [0.4, 0.5) is 23.7 Å². The molecule has 3 rings (SSSR count). The number of anilines is 1. The average molecular weight is 579 g/mol. The molecule has 1 atom stereocenters. The lowest BCUT2D eigenvalue weighted by Gasteiger charge is -2.25. The normalized spacial score (nSPS) is 14.8. The number of carboxylic acid groups (broad SMARTS) is 1. The molecular weight excluding hydrogens is 537 g/mol. The van der Waals surface area contributed by atoms with E-state index in [2.05, 4.69) is 5.32 Å². The van der Waals surface area contributed by atoms with Gasteiger partial charge < -0.3 is 24.8 Å². The van der Waals surface area contributed by atoms with Crippen molar-refractivity contribution in [1.29, 1.82) is 0 Å². The van der Waals surface area contributed by atoms with Gasteiger partial charge in [0.15, 0.2) is 6.10 Å². The predicted octanol–water partition coefficient (Wildman–Crippen LogP) is 7.40. The van der Waals surface area contributed by atoms with E-state index in [0.717, 1.165) is 42.9 Å². The second kappa shape index (κ2) is 16.2. The van der Waals surface area contributed by atoms with Crippen LogP contribution in [0, 0.1) is 5.92 Å². The molecule has 2 aromatic rings. The number of ether oxygens (including phenoxy) is 2. The Morgan fingerprint density at radius 3 is 2.29 bits per heavy atom. The van der Waals surface area contributed by atoms with E-state index in [1.54, 1.807) is 36.1 Å². The third kappa shape index (κ3) is 11.3. The molecule has 0 heterocycles. The first-order valence-corrected chi connectivity index (χ1v) is 14.4. The lowest BCUT2D eigenvalue weighted by atomic mass is 9.86. The highest BCUT2D eigenvalue weighted by Crippen LogP contribution is 2.30. The second-order valence-corrected chi connectivity index (χ2v) is 10.5. The Balaban J connectivity index is 1.54. The van der Waals surface area contributed by atoms with Crippen molar-refractivity contribution in [2.24, 2.45) is 5.92 Å². The van der Waals surface area contributed by atoms with Crippen LogP contribution in [0.5, 0.6) is 5.75 Å². The number of halogens is 3. The predicted molar refractivity (Wildman–Crippen MR) is 151 cm³/mol. The average Bonchev–Trinajstić information content (AvgIpc) is 2.95. The summed E-state index contributed by atoms with van der Waals surface area (Å²) in [5.41, 5.74) is 0.318. The SMILES string of the molecule is CCOC(Cc1ccc(OCCN(CCCCC2CCCCC2)C(=O)Nc2ccc(C(F)(F)F)cc2)cc1)C(=O)O. The highest BCUT2D eigenvalue weighted by Gasteiger charge is 2.30. The molecular formula is C31H41F3N2O5. The van der Waals surface area contributed by atoms with E-state index in [4.69, 9.17) is 9.47 Å². The molecule has 0 aromatic heterocycles. The van der Waals surface area contributed by atoms with Gasteiger partial charge >= 0.3 is 18.2 Å². The van der Waals surface area contributed by atoms with Crippen LogP contribution in [0.3, 0.4) is 0 Å². The van der Waals surface area contributed by atoms with Crippen molar-refractivity contribution in [2.45, 2.75) is 77.0 Å². The van der Waals surface area contributed by atoms with Crippen LogP contribution >= 0.6 is 0 Å². The molecule has 0 saturated heterocycles. The van der Waals surface area contributed by atoms with Gasteiger partial charge in [-0.3, -0.25) is 0 Å². The summed E-state index contributed by atoms with van der Waals surface area (Å²) in [5.74, 6) is 0.321. The van der Waals surface area contributed by atoms with Crippen molar-refractivity contribution in [3.05, 3.63) is 59.7 Å². The van der Waals surface area contributed by atoms with Gasteiger partial charge in [-0.25, -0.2) is 9.59 Å². The number of carbonyl (C=O) groups is 2.